The molecule has 0 unspecified atom stereocenters. The monoisotopic (exact) mass is 150 g/mol. The first-order valence-electron chi connectivity index (χ1n) is 3.61. The van der Waals surface area contributed by atoms with Crippen LogP contribution in [0.3, 0.4) is 0 Å². The molecule has 0 saturated heterocycles. The van der Waals surface area contributed by atoms with Crippen molar-refractivity contribution < 1.29 is 4.74 Å². The van der Waals surface area contributed by atoms with Gasteiger partial charge < -0.3 is 10.5 Å². The van der Waals surface area contributed by atoms with Crippen LogP contribution < -0.4 is 5.73 Å². The van der Waals surface area contributed by atoms with Gasteiger partial charge in [-0.3, -0.25) is 0 Å². The van der Waals surface area contributed by atoms with Crippen molar-refractivity contribution in [3.63, 3.8) is 0 Å². The molecule has 0 aliphatic heterocycles. The fourth-order valence-electron chi connectivity index (χ4n) is 0.881. The first-order chi connectivity index (χ1) is 5.36. The van der Waals surface area contributed by atoms with Gasteiger partial charge in [-0.15, -0.1) is 0 Å². The number of nitrogens with two attached hydrogens (primary N) is 1. The van der Waals surface area contributed by atoms with Crippen molar-refractivity contribution in [3.05, 3.63) is 35.6 Å². The average Bonchev–Trinajstić information content (AvgIpc) is 2.07. The Morgan fingerprint density at radius 2 is 2.36 bits per heavy atom. The lowest BCUT2D eigenvalue weighted by Gasteiger charge is -1.95. The molecule has 0 heterocycles. The molecule has 58 valence electrons. The van der Waals surface area contributed by atoms with Gasteiger partial charge in [0.25, 0.3) is 0 Å². The molecule has 0 amide bonds. The minimum atomic E-state index is 0.669. The Labute approximate surface area is 67.0 Å². The van der Waals surface area contributed by atoms with E-state index in [0.29, 0.717) is 6.54 Å². The largest absolute Gasteiger partial charge is 0.437 e. The van der Waals surface area contributed by atoms with Crippen molar-refractivity contribution in [3.8, 4) is 0 Å². The van der Waals surface area contributed by atoms with E-state index in [-0.39, 0.29) is 0 Å². The predicted molar refractivity (Wildman–Crippen MR) is 44.7 cm³/mol. The van der Waals surface area contributed by atoms with Crippen LogP contribution in [0.25, 0.3) is 0 Å². The molecule has 0 atom stereocenters. The number of ether oxygens (including phenoxy) is 1. The summed E-state index contributed by atoms with van der Waals surface area (Å²) < 4.78 is 4.98. The highest BCUT2D eigenvalue weighted by atomic mass is 16.5. The summed E-state index contributed by atoms with van der Waals surface area (Å²) in [4.78, 5) is 0. The van der Waals surface area contributed by atoms with E-state index in [9.17, 15) is 0 Å². The van der Waals surface area contributed by atoms with Gasteiger partial charge in [0.2, 0.25) is 5.76 Å². The summed E-state index contributed by atoms with van der Waals surface area (Å²) in [7, 11) is 1.64. The molecule has 0 fully saturated rings. The second kappa shape index (κ2) is 3.91. The summed E-state index contributed by atoms with van der Waals surface area (Å²) >= 11 is 0. The van der Waals surface area contributed by atoms with Crippen LogP contribution in [-0.2, 0) is 4.74 Å². The summed E-state index contributed by atoms with van der Waals surface area (Å²) in [5.74, 6) is 0.839. The Balaban J connectivity index is 2.57. The molecule has 2 nitrogen and oxygen atoms in total. The Hall–Kier alpha value is -1.11. The molecule has 0 spiro atoms. The van der Waals surface area contributed by atoms with Crippen molar-refractivity contribution >= 4 is 0 Å². The number of allylic oxidation sites excluding steroid dienone is 4. The first-order valence-corrected chi connectivity index (χ1v) is 3.61. The van der Waals surface area contributed by atoms with Gasteiger partial charge in [-0.2, -0.15) is 0 Å². The molecule has 2 heteroatoms. The summed E-state index contributed by atoms with van der Waals surface area (Å²) in [5, 5.41) is 0. The van der Waals surface area contributed by atoms with Crippen LogP contribution in [0.15, 0.2) is 29.6 Å². The summed E-state index contributed by atoms with van der Waals surface area (Å²) in [6.45, 7) is 0.669. The van der Waals surface area contributed by atoms with Crippen molar-refractivity contribution in [1.29, 1.82) is 0 Å². The first kappa shape index (κ1) is 7.99. The minimum Gasteiger partial charge on any atom is -0.437 e. The highest BCUT2D eigenvalue weighted by Crippen LogP contribution is 2.11. The zero-order valence-corrected chi connectivity index (χ0v) is 6.63. The smallest absolute Gasteiger partial charge is 0.233 e. The maximum Gasteiger partial charge on any atom is 0.233 e. The van der Waals surface area contributed by atoms with Gasteiger partial charge in [-0.25, -0.2) is 0 Å². The van der Waals surface area contributed by atoms with Gasteiger partial charge >= 0.3 is 0 Å². The minimum absolute atomic E-state index is 0.669. The maximum absolute atomic E-state index is 5.38. The molecular weight excluding hydrogens is 138 g/mol. The third-order valence-corrected chi connectivity index (χ3v) is 1.50. The van der Waals surface area contributed by atoms with E-state index in [1.807, 2.05) is 18.2 Å². The van der Waals surface area contributed by atoms with Gasteiger partial charge in [0.15, 0.2) is 0 Å². The second-order valence-corrected chi connectivity index (χ2v) is 2.29. The molecule has 0 aromatic heterocycles. The van der Waals surface area contributed by atoms with Crippen LogP contribution in [0.4, 0.5) is 0 Å². The van der Waals surface area contributed by atoms with E-state index in [1.54, 1.807) is 7.11 Å². The fourth-order valence-corrected chi connectivity index (χ4v) is 0.881. The Kier molecular flexibility index (Phi) is 2.84. The lowest BCUT2D eigenvalue weighted by Crippen LogP contribution is -2.00. The summed E-state index contributed by atoms with van der Waals surface area (Å²) in [6, 6.07) is 0. The molecular formula is C9H12NO+. The summed E-state index contributed by atoms with van der Waals surface area (Å²) in [5.41, 5.74) is 6.51. The van der Waals surface area contributed by atoms with Crippen molar-refractivity contribution in [1.82, 2.24) is 0 Å². The average molecular weight is 150 g/mol. The molecule has 11 heavy (non-hydrogen) atoms. The van der Waals surface area contributed by atoms with E-state index in [0.717, 1.165) is 17.8 Å². The molecule has 1 aliphatic carbocycles. The lowest BCUT2D eigenvalue weighted by molar-refractivity contribution is 0.306. The number of rotatable bonds is 3. The molecule has 0 radical (unpaired) electrons. The van der Waals surface area contributed by atoms with Crippen LogP contribution in [0.1, 0.15) is 6.42 Å². The molecule has 0 bridgehead atoms. The third-order valence-electron chi connectivity index (χ3n) is 1.50. The molecule has 0 aromatic carbocycles. The van der Waals surface area contributed by atoms with E-state index in [4.69, 9.17) is 10.5 Å². The van der Waals surface area contributed by atoms with Crippen molar-refractivity contribution in [2.24, 2.45) is 5.73 Å². The third kappa shape index (κ3) is 2.19. The lowest BCUT2D eigenvalue weighted by atomic mass is 10.1. The van der Waals surface area contributed by atoms with E-state index in [2.05, 4.69) is 6.08 Å². The number of hydrogen-bond donors (Lipinski definition) is 1. The van der Waals surface area contributed by atoms with Crippen LogP contribution in [0.2, 0.25) is 0 Å². The second-order valence-electron chi connectivity index (χ2n) is 2.29. The Morgan fingerprint density at radius 3 is 2.82 bits per heavy atom. The van der Waals surface area contributed by atoms with E-state index in [1.165, 1.54) is 0 Å². The number of hydrogen-bond acceptors (Lipinski definition) is 2. The highest BCUT2D eigenvalue weighted by Gasteiger charge is 2.07. The quantitative estimate of drug-likeness (QED) is 0.613. The maximum atomic E-state index is 5.38. The topological polar surface area (TPSA) is 35.2 Å². The van der Waals surface area contributed by atoms with Crippen LogP contribution in [-0.4, -0.2) is 13.7 Å². The predicted octanol–water partition coefficient (Wildman–Crippen LogP) is 1.16. The Morgan fingerprint density at radius 1 is 1.55 bits per heavy atom. The van der Waals surface area contributed by atoms with Crippen molar-refractivity contribution in [2.75, 3.05) is 13.7 Å². The molecule has 0 saturated carbocycles. The van der Waals surface area contributed by atoms with Gasteiger partial charge in [0, 0.05) is 12.5 Å². The van der Waals surface area contributed by atoms with Gasteiger partial charge in [-0.1, -0.05) is 0 Å². The molecule has 2 N–H and O–H groups in total. The zero-order chi connectivity index (χ0) is 8.10. The standard InChI is InChI=1S/C9H12NO/c1-11-9-4-2-8(3-5-9)6-7-10/h2,4-5H,6-7,10H2,1H3/q+1. The highest BCUT2D eigenvalue weighted by molar-refractivity contribution is 5.32. The Bertz CT molecular complexity index is 214. The summed E-state index contributed by atoms with van der Waals surface area (Å²) in [6.07, 6.45) is 9.68. The van der Waals surface area contributed by atoms with Crippen molar-refractivity contribution in [2.45, 2.75) is 6.42 Å². The SMILES string of the molecule is COC1=C[C+]=C(CCN)C=C1. The van der Waals surface area contributed by atoms with E-state index < -0.39 is 0 Å². The van der Waals surface area contributed by atoms with Crippen LogP contribution >= 0.6 is 0 Å². The van der Waals surface area contributed by atoms with Crippen LogP contribution in [0, 0.1) is 6.08 Å². The normalized spacial score (nSPS) is 15.1. The molecule has 0 aromatic rings. The number of methoxy groups -OCH3 is 1. The molecule has 1 aliphatic rings. The zero-order valence-electron chi connectivity index (χ0n) is 6.63. The fraction of sp³-hybridized carbons (Fsp3) is 0.333. The van der Waals surface area contributed by atoms with E-state index >= 15 is 0 Å². The van der Waals surface area contributed by atoms with Gasteiger partial charge in [0.05, 0.1) is 19.3 Å². The van der Waals surface area contributed by atoms with Gasteiger partial charge in [0.1, 0.15) is 11.6 Å². The van der Waals surface area contributed by atoms with Gasteiger partial charge in [-0.05, 0) is 6.54 Å². The molecule has 1 rings (SSSR count). The van der Waals surface area contributed by atoms with Crippen LogP contribution in [0.5, 0.6) is 0 Å².